The second kappa shape index (κ2) is 5.60. The van der Waals surface area contributed by atoms with Crippen molar-refractivity contribution >= 4 is 12.0 Å². The molecule has 20 heavy (non-hydrogen) atoms. The molecule has 0 aromatic carbocycles. The molecule has 2 N–H and O–H groups in total. The lowest BCUT2D eigenvalue weighted by Gasteiger charge is -2.24. The molecule has 4 unspecified atom stereocenters. The van der Waals surface area contributed by atoms with E-state index in [1.165, 1.54) is 0 Å². The molecule has 6 nitrogen and oxygen atoms in total. The number of carbonyl (C=O) groups excluding carboxylic acids is 1. The van der Waals surface area contributed by atoms with Crippen LogP contribution < -0.4 is 5.32 Å². The fourth-order valence-electron chi connectivity index (χ4n) is 3.62. The molecule has 0 aromatic rings. The van der Waals surface area contributed by atoms with Gasteiger partial charge in [-0.15, -0.1) is 0 Å². The Bertz CT molecular complexity index is 401. The number of carbonyl (C=O) groups is 2. The van der Waals surface area contributed by atoms with E-state index in [2.05, 4.69) is 5.32 Å². The van der Waals surface area contributed by atoms with Crippen molar-refractivity contribution in [2.75, 3.05) is 13.1 Å². The molecule has 3 saturated heterocycles. The number of rotatable bonds is 4. The minimum absolute atomic E-state index is 0.0102. The molecule has 4 atom stereocenters. The van der Waals surface area contributed by atoms with Crippen LogP contribution in [0.3, 0.4) is 0 Å². The molecule has 3 fully saturated rings. The van der Waals surface area contributed by atoms with Gasteiger partial charge in [0.25, 0.3) is 0 Å². The number of likely N-dealkylation sites (tertiary alicyclic amines) is 1. The maximum atomic E-state index is 12.2. The smallest absolute Gasteiger partial charge is 0.317 e. The predicted octanol–water partition coefficient (Wildman–Crippen LogP) is 1.20. The number of aliphatic carboxylic acids is 1. The first kappa shape index (κ1) is 13.7. The van der Waals surface area contributed by atoms with Gasteiger partial charge in [-0.2, -0.15) is 0 Å². The van der Waals surface area contributed by atoms with E-state index in [4.69, 9.17) is 9.84 Å². The number of fused-ring (bicyclic) bond motifs is 2. The Labute approximate surface area is 118 Å². The van der Waals surface area contributed by atoms with E-state index in [1.807, 2.05) is 4.90 Å². The number of nitrogens with one attached hydrogen (secondary N) is 1. The van der Waals surface area contributed by atoms with Crippen molar-refractivity contribution in [2.45, 2.75) is 56.8 Å². The molecule has 3 aliphatic heterocycles. The predicted molar refractivity (Wildman–Crippen MR) is 71.4 cm³/mol. The van der Waals surface area contributed by atoms with Gasteiger partial charge < -0.3 is 20.1 Å². The summed E-state index contributed by atoms with van der Waals surface area (Å²) in [6, 6.07) is 0.156. The quantitative estimate of drug-likeness (QED) is 0.812. The number of ether oxygens (including phenoxy) is 1. The lowest BCUT2D eigenvalue weighted by Crippen LogP contribution is -2.47. The summed E-state index contributed by atoms with van der Waals surface area (Å²) in [5.74, 6) is -0.430. The molecule has 3 heterocycles. The Morgan fingerprint density at radius 2 is 2.15 bits per heavy atom. The van der Waals surface area contributed by atoms with Gasteiger partial charge in [0.15, 0.2) is 0 Å². The zero-order valence-electron chi connectivity index (χ0n) is 11.6. The van der Waals surface area contributed by atoms with Gasteiger partial charge in [0, 0.05) is 19.5 Å². The Morgan fingerprint density at radius 1 is 1.30 bits per heavy atom. The van der Waals surface area contributed by atoms with Gasteiger partial charge in [-0.1, -0.05) is 0 Å². The van der Waals surface area contributed by atoms with Gasteiger partial charge in [-0.25, -0.2) is 4.79 Å². The molecule has 3 aliphatic rings. The van der Waals surface area contributed by atoms with Crippen molar-refractivity contribution in [3.05, 3.63) is 0 Å². The van der Waals surface area contributed by atoms with Crippen molar-refractivity contribution in [1.82, 2.24) is 10.2 Å². The van der Waals surface area contributed by atoms with Gasteiger partial charge in [0.2, 0.25) is 0 Å². The lowest BCUT2D eigenvalue weighted by atomic mass is 9.96. The molecule has 6 heteroatoms. The summed E-state index contributed by atoms with van der Waals surface area (Å²) >= 11 is 0. The molecule has 2 amide bonds. The number of hydrogen-bond donors (Lipinski definition) is 2. The number of carboxylic acids is 1. The molecule has 2 bridgehead atoms. The Balaban J connectivity index is 1.43. The van der Waals surface area contributed by atoms with Gasteiger partial charge in [-0.05, 0) is 38.0 Å². The average Bonchev–Trinajstić information content (AvgIpc) is 3.12. The highest BCUT2D eigenvalue weighted by molar-refractivity contribution is 5.75. The van der Waals surface area contributed by atoms with E-state index < -0.39 is 5.97 Å². The normalized spacial score (nSPS) is 35.5. The molecule has 0 radical (unpaired) electrons. The Morgan fingerprint density at radius 3 is 2.80 bits per heavy atom. The second-order valence-electron chi connectivity index (χ2n) is 6.20. The number of amides is 2. The molecule has 0 saturated carbocycles. The fraction of sp³-hybridized carbons (Fsp3) is 0.857. The minimum atomic E-state index is -0.757. The molecule has 0 aromatic heterocycles. The monoisotopic (exact) mass is 282 g/mol. The number of nitrogens with zero attached hydrogens (tertiary/aromatic N) is 1. The maximum Gasteiger partial charge on any atom is 0.317 e. The molecule has 112 valence electrons. The fourth-order valence-corrected chi connectivity index (χ4v) is 3.62. The topological polar surface area (TPSA) is 78.9 Å². The van der Waals surface area contributed by atoms with Crippen LogP contribution in [-0.4, -0.2) is 53.3 Å². The van der Waals surface area contributed by atoms with Crippen LogP contribution in [0.15, 0.2) is 0 Å². The first-order valence-corrected chi connectivity index (χ1v) is 7.54. The summed E-state index contributed by atoms with van der Waals surface area (Å²) in [6.07, 6.45) is 5.42. The molecular formula is C14H22N2O4. The van der Waals surface area contributed by atoms with Crippen LogP contribution in [0.1, 0.15) is 38.5 Å². The van der Waals surface area contributed by atoms with E-state index in [-0.39, 0.29) is 24.6 Å². The first-order chi connectivity index (χ1) is 9.61. The third-order valence-electron chi connectivity index (χ3n) is 4.75. The van der Waals surface area contributed by atoms with Crippen LogP contribution in [0, 0.1) is 5.92 Å². The maximum absolute atomic E-state index is 12.2. The highest BCUT2D eigenvalue weighted by atomic mass is 16.5. The van der Waals surface area contributed by atoms with Gasteiger partial charge in [0.1, 0.15) is 0 Å². The molecular weight excluding hydrogens is 260 g/mol. The highest BCUT2D eigenvalue weighted by Gasteiger charge is 2.42. The summed E-state index contributed by atoms with van der Waals surface area (Å²) in [4.78, 5) is 24.6. The standard InChI is InChI=1S/C14H22N2O4/c17-13(18)4-1-9-5-6-16(8-9)14(19)15-11-7-10-2-3-12(11)20-10/h9-12H,1-8H2,(H,15,19)(H,17,18). The zero-order valence-corrected chi connectivity index (χ0v) is 11.6. The van der Waals surface area contributed by atoms with Crippen molar-refractivity contribution in [3.8, 4) is 0 Å². The van der Waals surface area contributed by atoms with E-state index in [0.29, 0.717) is 25.0 Å². The van der Waals surface area contributed by atoms with Crippen LogP contribution in [0.4, 0.5) is 4.79 Å². The van der Waals surface area contributed by atoms with Crippen LogP contribution in [0.25, 0.3) is 0 Å². The summed E-state index contributed by atoms with van der Waals surface area (Å²) in [5.41, 5.74) is 0. The second-order valence-corrected chi connectivity index (χ2v) is 6.20. The summed E-state index contributed by atoms with van der Waals surface area (Å²) in [7, 11) is 0. The Kier molecular flexibility index (Phi) is 3.83. The van der Waals surface area contributed by atoms with Crippen molar-refractivity contribution < 1.29 is 19.4 Å². The minimum Gasteiger partial charge on any atom is -0.481 e. The molecule has 0 aliphatic carbocycles. The van der Waals surface area contributed by atoms with E-state index >= 15 is 0 Å². The van der Waals surface area contributed by atoms with E-state index in [0.717, 1.165) is 32.2 Å². The van der Waals surface area contributed by atoms with Crippen LogP contribution in [0.2, 0.25) is 0 Å². The number of hydrogen-bond acceptors (Lipinski definition) is 3. The number of urea groups is 1. The summed E-state index contributed by atoms with van der Waals surface area (Å²) in [6.45, 7) is 1.42. The van der Waals surface area contributed by atoms with Gasteiger partial charge >= 0.3 is 12.0 Å². The lowest BCUT2D eigenvalue weighted by molar-refractivity contribution is -0.137. The van der Waals surface area contributed by atoms with Crippen molar-refractivity contribution in [2.24, 2.45) is 5.92 Å². The van der Waals surface area contributed by atoms with Gasteiger partial charge in [0.05, 0.1) is 18.2 Å². The summed E-state index contributed by atoms with van der Waals surface area (Å²) in [5, 5.41) is 11.8. The average molecular weight is 282 g/mol. The van der Waals surface area contributed by atoms with Crippen LogP contribution in [-0.2, 0) is 9.53 Å². The molecule has 3 rings (SSSR count). The van der Waals surface area contributed by atoms with Crippen molar-refractivity contribution in [3.63, 3.8) is 0 Å². The van der Waals surface area contributed by atoms with Gasteiger partial charge in [-0.3, -0.25) is 4.79 Å². The zero-order chi connectivity index (χ0) is 14.1. The van der Waals surface area contributed by atoms with Crippen LogP contribution >= 0.6 is 0 Å². The third-order valence-corrected chi connectivity index (χ3v) is 4.75. The summed E-state index contributed by atoms with van der Waals surface area (Å²) < 4.78 is 5.74. The largest absolute Gasteiger partial charge is 0.481 e. The third kappa shape index (κ3) is 2.90. The first-order valence-electron chi connectivity index (χ1n) is 7.54. The Hall–Kier alpha value is -1.30. The van der Waals surface area contributed by atoms with Crippen LogP contribution in [0.5, 0.6) is 0 Å². The molecule has 0 spiro atoms. The highest BCUT2D eigenvalue weighted by Crippen LogP contribution is 2.34. The SMILES string of the molecule is O=C(O)CCC1CCN(C(=O)NC2CC3CCC2O3)C1. The van der Waals surface area contributed by atoms with E-state index in [9.17, 15) is 9.59 Å². The van der Waals surface area contributed by atoms with Crippen molar-refractivity contribution in [1.29, 1.82) is 0 Å². The van der Waals surface area contributed by atoms with E-state index in [1.54, 1.807) is 0 Å². The number of carboxylic acid groups (broad SMARTS) is 1.